The SMILES string of the molecule is COc1cc2c(c(-c3ccc(O)c(Cl)c3)nc3[nH]nc(C)c32)c(OC)c1OC. The Morgan fingerprint density at radius 2 is 1.75 bits per heavy atom. The van der Waals surface area contributed by atoms with Crippen LogP contribution in [0.3, 0.4) is 0 Å². The van der Waals surface area contributed by atoms with Gasteiger partial charge in [-0.3, -0.25) is 5.10 Å². The maximum atomic E-state index is 9.80. The van der Waals surface area contributed by atoms with Crippen molar-refractivity contribution in [3.63, 3.8) is 0 Å². The Balaban J connectivity index is 2.24. The molecule has 2 aromatic heterocycles. The van der Waals surface area contributed by atoms with Crippen LogP contribution in [-0.4, -0.2) is 41.6 Å². The van der Waals surface area contributed by atoms with Crippen molar-refractivity contribution in [2.45, 2.75) is 6.92 Å². The van der Waals surface area contributed by atoms with Gasteiger partial charge in [0.2, 0.25) is 5.75 Å². The molecule has 0 atom stereocenters. The van der Waals surface area contributed by atoms with Crippen LogP contribution in [0, 0.1) is 6.92 Å². The van der Waals surface area contributed by atoms with Crippen molar-refractivity contribution in [3.05, 3.63) is 35.0 Å². The molecule has 0 fully saturated rings. The first-order valence-corrected chi connectivity index (χ1v) is 8.84. The van der Waals surface area contributed by atoms with Gasteiger partial charge in [-0.15, -0.1) is 0 Å². The fourth-order valence-electron chi connectivity index (χ4n) is 3.44. The van der Waals surface area contributed by atoms with Gasteiger partial charge in [-0.1, -0.05) is 11.6 Å². The number of ether oxygens (including phenoxy) is 3. The summed E-state index contributed by atoms with van der Waals surface area (Å²) in [5, 5.41) is 19.7. The molecule has 8 heteroatoms. The number of aromatic amines is 1. The molecular formula is C20H18ClN3O4. The maximum absolute atomic E-state index is 9.80. The van der Waals surface area contributed by atoms with E-state index in [0.29, 0.717) is 34.2 Å². The summed E-state index contributed by atoms with van der Waals surface area (Å²) in [4.78, 5) is 4.77. The van der Waals surface area contributed by atoms with Gasteiger partial charge in [-0.05, 0) is 31.2 Å². The van der Waals surface area contributed by atoms with Crippen molar-refractivity contribution >= 4 is 33.4 Å². The molecule has 0 radical (unpaired) electrons. The topological polar surface area (TPSA) is 89.5 Å². The molecule has 0 aliphatic heterocycles. The lowest BCUT2D eigenvalue weighted by Crippen LogP contribution is -1.99. The number of aryl methyl sites for hydroxylation is 1. The highest BCUT2D eigenvalue weighted by atomic mass is 35.5. The molecule has 2 heterocycles. The lowest BCUT2D eigenvalue weighted by Gasteiger charge is -2.17. The minimum atomic E-state index is -0.000556. The summed E-state index contributed by atoms with van der Waals surface area (Å²) in [6, 6.07) is 6.81. The van der Waals surface area contributed by atoms with Crippen LogP contribution in [0.1, 0.15) is 5.69 Å². The number of nitrogens with zero attached hydrogens (tertiary/aromatic N) is 2. The molecule has 4 rings (SSSR count). The molecule has 7 nitrogen and oxygen atoms in total. The van der Waals surface area contributed by atoms with E-state index >= 15 is 0 Å². The van der Waals surface area contributed by atoms with Gasteiger partial charge in [0, 0.05) is 16.3 Å². The van der Waals surface area contributed by atoms with Crippen LogP contribution in [0.25, 0.3) is 33.1 Å². The van der Waals surface area contributed by atoms with Crippen molar-refractivity contribution in [3.8, 4) is 34.3 Å². The van der Waals surface area contributed by atoms with Crippen LogP contribution < -0.4 is 14.2 Å². The number of H-pyrrole nitrogens is 1. The zero-order valence-corrected chi connectivity index (χ0v) is 16.5. The predicted octanol–water partition coefficient (Wildman–Crippen LogP) is 4.47. The first kappa shape index (κ1) is 18.2. The average molecular weight is 400 g/mol. The third-order valence-corrected chi connectivity index (χ3v) is 5.01. The molecule has 0 bridgehead atoms. The number of aromatic hydroxyl groups is 1. The Labute approximate surface area is 165 Å². The van der Waals surface area contributed by atoms with E-state index in [-0.39, 0.29) is 10.8 Å². The number of nitrogens with one attached hydrogen (secondary N) is 1. The Morgan fingerprint density at radius 1 is 1.00 bits per heavy atom. The highest BCUT2D eigenvalue weighted by Crippen LogP contribution is 2.48. The second kappa shape index (κ2) is 6.76. The number of benzene rings is 2. The molecule has 2 aromatic carbocycles. The van der Waals surface area contributed by atoms with E-state index in [1.54, 1.807) is 33.5 Å². The van der Waals surface area contributed by atoms with Crippen LogP contribution in [-0.2, 0) is 0 Å². The first-order valence-electron chi connectivity index (χ1n) is 8.46. The second-order valence-corrected chi connectivity index (χ2v) is 6.63. The van der Waals surface area contributed by atoms with Crippen LogP contribution in [0.4, 0.5) is 0 Å². The number of hydrogen-bond acceptors (Lipinski definition) is 6. The second-order valence-electron chi connectivity index (χ2n) is 6.23. The number of fused-ring (bicyclic) bond motifs is 3. The number of halogens is 1. The van der Waals surface area contributed by atoms with Gasteiger partial charge in [0.05, 0.1) is 43.1 Å². The van der Waals surface area contributed by atoms with Gasteiger partial charge >= 0.3 is 0 Å². The van der Waals surface area contributed by atoms with Crippen molar-refractivity contribution in [1.82, 2.24) is 15.2 Å². The molecule has 2 N–H and O–H groups in total. The molecule has 0 amide bonds. The van der Waals surface area contributed by atoms with Gasteiger partial charge in [0.25, 0.3) is 0 Å². The minimum Gasteiger partial charge on any atom is -0.506 e. The monoisotopic (exact) mass is 399 g/mol. The van der Waals surface area contributed by atoms with E-state index in [1.807, 2.05) is 13.0 Å². The van der Waals surface area contributed by atoms with Gasteiger partial charge < -0.3 is 19.3 Å². The van der Waals surface area contributed by atoms with Gasteiger partial charge in [0.1, 0.15) is 5.75 Å². The molecule has 0 aliphatic carbocycles. The van der Waals surface area contributed by atoms with Crippen LogP contribution in [0.5, 0.6) is 23.0 Å². The summed E-state index contributed by atoms with van der Waals surface area (Å²) in [6.07, 6.45) is 0. The molecule has 0 spiro atoms. The van der Waals surface area contributed by atoms with E-state index in [2.05, 4.69) is 10.2 Å². The summed E-state index contributed by atoms with van der Waals surface area (Å²) in [6.45, 7) is 1.90. The Kier molecular flexibility index (Phi) is 4.39. The standard InChI is InChI=1S/C20H18ClN3O4/c1-9-15-11-8-14(26-2)18(27-3)19(28-4)16(11)17(22-20(15)24-23-9)10-5-6-13(25)12(21)7-10/h5-8,25H,1-4H3,(H,22,23,24). The minimum absolute atomic E-state index is 0.000556. The lowest BCUT2D eigenvalue weighted by atomic mass is 9.99. The zero-order valence-electron chi connectivity index (χ0n) is 15.8. The smallest absolute Gasteiger partial charge is 0.204 e. The summed E-state index contributed by atoms with van der Waals surface area (Å²) < 4.78 is 16.8. The number of phenolic OH excluding ortho intramolecular Hbond substituents is 1. The zero-order chi connectivity index (χ0) is 20.0. The number of aromatic nitrogens is 3. The predicted molar refractivity (Wildman–Crippen MR) is 108 cm³/mol. The molecule has 4 aromatic rings. The summed E-state index contributed by atoms with van der Waals surface area (Å²) >= 11 is 6.14. The fourth-order valence-corrected chi connectivity index (χ4v) is 3.62. The molecular weight excluding hydrogens is 382 g/mol. The van der Waals surface area contributed by atoms with Crippen molar-refractivity contribution < 1.29 is 19.3 Å². The van der Waals surface area contributed by atoms with E-state index in [4.69, 9.17) is 30.8 Å². The highest BCUT2D eigenvalue weighted by Gasteiger charge is 2.24. The van der Waals surface area contributed by atoms with E-state index in [1.165, 1.54) is 6.07 Å². The summed E-state index contributed by atoms with van der Waals surface area (Å²) in [5.74, 6) is 1.49. The normalized spacial score (nSPS) is 11.2. The van der Waals surface area contributed by atoms with Crippen molar-refractivity contribution in [2.24, 2.45) is 0 Å². The van der Waals surface area contributed by atoms with Crippen LogP contribution >= 0.6 is 11.6 Å². The third-order valence-electron chi connectivity index (χ3n) is 4.71. The Morgan fingerprint density at radius 3 is 2.39 bits per heavy atom. The van der Waals surface area contributed by atoms with Gasteiger partial charge in [0.15, 0.2) is 17.1 Å². The number of rotatable bonds is 4. The van der Waals surface area contributed by atoms with Crippen LogP contribution in [0.2, 0.25) is 5.02 Å². The fraction of sp³-hybridized carbons (Fsp3) is 0.200. The van der Waals surface area contributed by atoms with Crippen LogP contribution in [0.15, 0.2) is 24.3 Å². The molecule has 0 unspecified atom stereocenters. The Bertz CT molecular complexity index is 1220. The molecule has 0 saturated carbocycles. The van der Waals surface area contributed by atoms with Gasteiger partial charge in [-0.25, -0.2) is 4.98 Å². The molecule has 0 saturated heterocycles. The summed E-state index contributed by atoms with van der Waals surface area (Å²) in [5.41, 5.74) is 2.76. The quantitative estimate of drug-likeness (QED) is 0.526. The number of phenols is 1. The average Bonchev–Trinajstić information content (AvgIpc) is 3.08. The van der Waals surface area contributed by atoms with Gasteiger partial charge in [-0.2, -0.15) is 5.10 Å². The summed E-state index contributed by atoms with van der Waals surface area (Å²) in [7, 11) is 4.69. The third kappa shape index (κ3) is 2.58. The van der Waals surface area contributed by atoms with Crippen molar-refractivity contribution in [1.29, 1.82) is 0 Å². The van der Waals surface area contributed by atoms with E-state index < -0.39 is 0 Å². The molecule has 0 aliphatic rings. The first-order chi connectivity index (χ1) is 13.5. The van der Waals surface area contributed by atoms with E-state index in [9.17, 15) is 5.11 Å². The lowest BCUT2D eigenvalue weighted by molar-refractivity contribution is 0.327. The largest absolute Gasteiger partial charge is 0.506 e. The maximum Gasteiger partial charge on any atom is 0.204 e. The Hall–Kier alpha value is -3.19. The molecule has 28 heavy (non-hydrogen) atoms. The molecule has 144 valence electrons. The number of pyridine rings is 1. The highest BCUT2D eigenvalue weighted by molar-refractivity contribution is 6.32. The van der Waals surface area contributed by atoms with Crippen molar-refractivity contribution in [2.75, 3.05) is 21.3 Å². The number of hydrogen-bond donors (Lipinski definition) is 2. The number of methoxy groups -OCH3 is 3. The van der Waals surface area contributed by atoms with E-state index in [0.717, 1.165) is 21.9 Å².